The van der Waals surface area contributed by atoms with Gasteiger partial charge in [-0.15, -0.1) is 0 Å². The van der Waals surface area contributed by atoms with Gasteiger partial charge >= 0.3 is 5.97 Å². The van der Waals surface area contributed by atoms with Crippen molar-refractivity contribution < 1.29 is 9.90 Å². The highest BCUT2D eigenvalue weighted by Gasteiger charge is 2.15. The van der Waals surface area contributed by atoms with Gasteiger partial charge in [-0.25, -0.2) is 4.79 Å². The molecule has 0 aliphatic carbocycles. The molecule has 3 heteroatoms. The van der Waals surface area contributed by atoms with Crippen molar-refractivity contribution in [2.75, 3.05) is 6.54 Å². The molecule has 102 valence electrons. The lowest BCUT2D eigenvalue weighted by Gasteiger charge is -2.11. The van der Waals surface area contributed by atoms with E-state index in [0.717, 1.165) is 17.7 Å². The van der Waals surface area contributed by atoms with E-state index in [1.165, 1.54) is 18.4 Å². The summed E-state index contributed by atoms with van der Waals surface area (Å²) in [4.78, 5) is 10.8. The summed E-state index contributed by atoms with van der Waals surface area (Å²) in [5.41, 5.74) is 3.80. The van der Waals surface area contributed by atoms with E-state index in [0.29, 0.717) is 11.6 Å². The number of nitrogens with one attached hydrogen (secondary N) is 1. The minimum atomic E-state index is -0.890. The summed E-state index contributed by atoms with van der Waals surface area (Å²) in [5, 5.41) is 12.4. The molecule has 0 spiro atoms. The minimum Gasteiger partial charge on any atom is -0.478 e. The van der Waals surface area contributed by atoms with Gasteiger partial charge in [0.2, 0.25) is 0 Å². The second-order valence-electron chi connectivity index (χ2n) is 5.15. The van der Waals surface area contributed by atoms with Crippen LogP contribution in [0.15, 0.2) is 48.5 Å². The Morgan fingerprint density at radius 1 is 1.00 bits per heavy atom. The molecule has 0 amide bonds. The molecule has 0 bridgehead atoms. The Hall–Kier alpha value is -2.13. The van der Waals surface area contributed by atoms with E-state index in [1.807, 2.05) is 12.1 Å². The molecule has 1 fully saturated rings. The highest BCUT2D eigenvalue weighted by atomic mass is 16.4. The summed E-state index contributed by atoms with van der Waals surface area (Å²) >= 11 is 0. The third kappa shape index (κ3) is 2.58. The molecule has 0 saturated carbocycles. The smallest absolute Gasteiger partial charge is 0.335 e. The third-order valence-electron chi connectivity index (χ3n) is 3.84. The van der Waals surface area contributed by atoms with Gasteiger partial charge in [0, 0.05) is 6.04 Å². The molecule has 1 atom stereocenters. The summed E-state index contributed by atoms with van der Waals surface area (Å²) in [6.45, 7) is 1.10. The lowest BCUT2D eigenvalue weighted by atomic mass is 9.99. The summed E-state index contributed by atoms with van der Waals surface area (Å²) < 4.78 is 0. The van der Waals surface area contributed by atoms with Crippen LogP contribution in [0.1, 0.15) is 34.8 Å². The Kier molecular flexibility index (Phi) is 3.52. The molecule has 2 N–H and O–H groups in total. The van der Waals surface area contributed by atoms with Crippen LogP contribution in [0, 0.1) is 0 Å². The molecule has 1 heterocycles. The number of carboxylic acids is 1. The maximum Gasteiger partial charge on any atom is 0.335 e. The highest BCUT2D eigenvalue weighted by molar-refractivity contribution is 5.88. The SMILES string of the molecule is O=C(O)c1ccc(-c2ccc([C@@H]3CCCN3)cc2)cc1. The Morgan fingerprint density at radius 2 is 1.60 bits per heavy atom. The Labute approximate surface area is 118 Å². The lowest BCUT2D eigenvalue weighted by molar-refractivity contribution is 0.0697. The number of carboxylic acid groups (broad SMARTS) is 1. The van der Waals surface area contributed by atoms with Crippen molar-refractivity contribution in [3.63, 3.8) is 0 Å². The fourth-order valence-corrected chi connectivity index (χ4v) is 2.68. The fraction of sp³-hybridized carbons (Fsp3) is 0.235. The Bertz CT molecular complexity index is 596. The maximum absolute atomic E-state index is 10.8. The number of benzene rings is 2. The first kappa shape index (κ1) is 12.9. The van der Waals surface area contributed by atoms with Crippen molar-refractivity contribution in [3.8, 4) is 11.1 Å². The number of hydrogen-bond donors (Lipinski definition) is 2. The van der Waals surface area contributed by atoms with Gasteiger partial charge in [0.15, 0.2) is 0 Å². The van der Waals surface area contributed by atoms with E-state index >= 15 is 0 Å². The Balaban J connectivity index is 1.81. The van der Waals surface area contributed by atoms with Gasteiger partial charge in [0.25, 0.3) is 0 Å². The molecular formula is C17H17NO2. The van der Waals surface area contributed by atoms with Crippen LogP contribution < -0.4 is 5.32 Å². The first-order valence-electron chi connectivity index (χ1n) is 6.91. The van der Waals surface area contributed by atoms with E-state index < -0.39 is 5.97 Å². The monoisotopic (exact) mass is 267 g/mol. The number of carbonyl (C=O) groups is 1. The second-order valence-corrected chi connectivity index (χ2v) is 5.15. The van der Waals surface area contributed by atoms with E-state index in [2.05, 4.69) is 29.6 Å². The molecule has 2 aromatic carbocycles. The van der Waals surface area contributed by atoms with Crippen LogP contribution in [-0.2, 0) is 0 Å². The van der Waals surface area contributed by atoms with Crippen molar-refractivity contribution in [3.05, 3.63) is 59.7 Å². The van der Waals surface area contributed by atoms with Gasteiger partial charge in [-0.2, -0.15) is 0 Å². The van der Waals surface area contributed by atoms with Crippen LogP contribution in [0.5, 0.6) is 0 Å². The maximum atomic E-state index is 10.8. The average molecular weight is 267 g/mol. The molecular weight excluding hydrogens is 250 g/mol. The summed E-state index contributed by atoms with van der Waals surface area (Å²) in [7, 11) is 0. The standard InChI is InChI=1S/C17H17NO2/c19-17(20)15-9-5-13(6-10-15)12-3-7-14(8-4-12)16-2-1-11-18-16/h3-10,16,18H,1-2,11H2,(H,19,20)/t16-/m0/s1. The van der Waals surface area contributed by atoms with Gasteiger partial charge < -0.3 is 10.4 Å². The first-order valence-corrected chi connectivity index (χ1v) is 6.91. The largest absolute Gasteiger partial charge is 0.478 e. The summed E-state index contributed by atoms with van der Waals surface area (Å²) in [5.74, 6) is -0.890. The van der Waals surface area contributed by atoms with E-state index in [1.54, 1.807) is 12.1 Å². The summed E-state index contributed by atoms with van der Waals surface area (Å²) in [6.07, 6.45) is 2.44. The van der Waals surface area contributed by atoms with Gasteiger partial charge in [0.05, 0.1) is 5.56 Å². The van der Waals surface area contributed by atoms with Crippen molar-refractivity contribution in [1.82, 2.24) is 5.32 Å². The predicted molar refractivity (Wildman–Crippen MR) is 78.8 cm³/mol. The van der Waals surface area contributed by atoms with E-state index in [4.69, 9.17) is 5.11 Å². The van der Waals surface area contributed by atoms with Crippen LogP contribution >= 0.6 is 0 Å². The van der Waals surface area contributed by atoms with Crippen LogP contribution in [0.2, 0.25) is 0 Å². The third-order valence-corrected chi connectivity index (χ3v) is 3.84. The molecule has 1 aliphatic rings. The topological polar surface area (TPSA) is 49.3 Å². The zero-order chi connectivity index (χ0) is 13.9. The van der Waals surface area contributed by atoms with E-state index in [-0.39, 0.29) is 0 Å². The molecule has 0 radical (unpaired) electrons. The van der Waals surface area contributed by atoms with Crippen LogP contribution in [0.25, 0.3) is 11.1 Å². The first-order chi connectivity index (χ1) is 9.74. The van der Waals surface area contributed by atoms with Crippen molar-refractivity contribution in [1.29, 1.82) is 0 Å². The van der Waals surface area contributed by atoms with Crippen LogP contribution in [0.3, 0.4) is 0 Å². The molecule has 0 aromatic heterocycles. The zero-order valence-electron chi connectivity index (χ0n) is 11.2. The van der Waals surface area contributed by atoms with Crippen LogP contribution in [-0.4, -0.2) is 17.6 Å². The second kappa shape index (κ2) is 5.47. The number of hydrogen-bond acceptors (Lipinski definition) is 2. The molecule has 20 heavy (non-hydrogen) atoms. The predicted octanol–water partition coefficient (Wildman–Crippen LogP) is 3.48. The molecule has 3 nitrogen and oxygen atoms in total. The molecule has 1 saturated heterocycles. The average Bonchev–Trinajstić information content (AvgIpc) is 3.02. The number of rotatable bonds is 3. The summed E-state index contributed by atoms with van der Waals surface area (Å²) in [6, 6.07) is 16.0. The van der Waals surface area contributed by atoms with Gasteiger partial charge in [-0.05, 0) is 48.2 Å². The zero-order valence-corrected chi connectivity index (χ0v) is 11.2. The quantitative estimate of drug-likeness (QED) is 0.895. The minimum absolute atomic E-state index is 0.320. The highest BCUT2D eigenvalue weighted by Crippen LogP contribution is 2.26. The van der Waals surface area contributed by atoms with Crippen molar-refractivity contribution in [2.24, 2.45) is 0 Å². The molecule has 3 rings (SSSR count). The number of aromatic carboxylic acids is 1. The van der Waals surface area contributed by atoms with E-state index in [9.17, 15) is 4.79 Å². The van der Waals surface area contributed by atoms with Gasteiger partial charge in [-0.1, -0.05) is 36.4 Å². The lowest BCUT2D eigenvalue weighted by Crippen LogP contribution is -2.12. The molecule has 1 aliphatic heterocycles. The van der Waals surface area contributed by atoms with Crippen molar-refractivity contribution in [2.45, 2.75) is 18.9 Å². The van der Waals surface area contributed by atoms with Crippen molar-refractivity contribution >= 4 is 5.97 Å². The molecule has 0 unspecified atom stereocenters. The van der Waals surface area contributed by atoms with Gasteiger partial charge in [-0.3, -0.25) is 0 Å². The Morgan fingerprint density at radius 3 is 2.10 bits per heavy atom. The molecule has 2 aromatic rings. The fourth-order valence-electron chi connectivity index (χ4n) is 2.68. The van der Waals surface area contributed by atoms with Crippen LogP contribution in [0.4, 0.5) is 0 Å². The normalized spacial score (nSPS) is 18.1. The van der Waals surface area contributed by atoms with Gasteiger partial charge in [0.1, 0.15) is 0 Å².